The number of benzene rings is 2. The minimum absolute atomic E-state index is 0.140. The highest BCUT2D eigenvalue weighted by Gasteiger charge is 2.31. The molecule has 156 valence electrons. The van der Waals surface area contributed by atoms with E-state index in [4.69, 9.17) is 4.42 Å². The maximum atomic E-state index is 13.9. The van der Waals surface area contributed by atoms with E-state index in [-0.39, 0.29) is 18.1 Å². The number of halogens is 4. The summed E-state index contributed by atoms with van der Waals surface area (Å²) >= 11 is 0. The summed E-state index contributed by atoms with van der Waals surface area (Å²) in [6, 6.07) is 8.43. The molecule has 31 heavy (non-hydrogen) atoms. The molecule has 0 unspecified atom stereocenters. The second kappa shape index (κ2) is 7.04. The van der Waals surface area contributed by atoms with Crippen molar-refractivity contribution in [1.29, 1.82) is 0 Å². The van der Waals surface area contributed by atoms with E-state index in [1.54, 1.807) is 12.1 Å². The fourth-order valence-electron chi connectivity index (χ4n) is 3.41. The minimum Gasteiger partial charge on any atom is -0.415 e. The van der Waals surface area contributed by atoms with E-state index in [9.17, 15) is 22.4 Å². The number of hydrogen-bond donors (Lipinski definition) is 0. The number of carbonyl (C=O) groups excluding carboxylic acids is 1. The van der Waals surface area contributed by atoms with Crippen LogP contribution in [0.2, 0.25) is 0 Å². The van der Waals surface area contributed by atoms with Crippen LogP contribution >= 0.6 is 0 Å². The van der Waals surface area contributed by atoms with Crippen LogP contribution in [0.4, 0.5) is 23.2 Å². The van der Waals surface area contributed by atoms with Gasteiger partial charge >= 0.3 is 6.43 Å². The van der Waals surface area contributed by atoms with Crippen molar-refractivity contribution in [3.05, 3.63) is 77.4 Å². The Morgan fingerprint density at radius 1 is 1.00 bits per heavy atom. The molecule has 0 saturated heterocycles. The Hall–Kier alpha value is -4.02. The molecule has 1 aliphatic rings. The van der Waals surface area contributed by atoms with Crippen LogP contribution in [0.1, 0.15) is 28.2 Å². The van der Waals surface area contributed by atoms with Crippen LogP contribution in [0, 0.1) is 11.6 Å². The molecule has 7 nitrogen and oxygen atoms in total. The van der Waals surface area contributed by atoms with Crippen molar-refractivity contribution in [2.75, 3.05) is 4.90 Å². The summed E-state index contributed by atoms with van der Waals surface area (Å²) in [5.41, 5.74) is 1.77. The lowest BCUT2D eigenvalue weighted by atomic mass is 10.1. The van der Waals surface area contributed by atoms with E-state index in [0.29, 0.717) is 22.4 Å². The van der Waals surface area contributed by atoms with Gasteiger partial charge in [0.1, 0.15) is 5.82 Å². The quantitative estimate of drug-likeness (QED) is 0.452. The van der Waals surface area contributed by atoms with Crippen LogP contribution in [0.15, 0.2) is 53.2 Å². The minimum atomic E-state index is -2.91. The molecule has 0 atom stereocenters. The van der Waals surface area contributed by atoms with Gasteiger partial charge < -0.3 is 9.32 Å². The van der Waals surface area contributed by atoms with Gasteiger partial charge in [0.2, 0.25) is 5.89 Å². The number of hydrogen-bond acceptors (Lipinski definition) is 5. The second-order valence-corrected chi connectivity index (χ2v) is 6.75. The number of carbonyl (C=O) groups is 1. The van der Waals surface area contributed by atoms with Gasteiger partial charge in [0.25, 0.3) is 11.8 Å². The van der Waals surface area contributed by atoms with Gasteiger partial charge in [-0.25, -0.2) is 13.5 Å². The molecule has 1 aliphatic heterocycles. The fourth-order valence-corrected chi connectivity index (χ4v) is 3.41. The standard InChI is InChI=1S/C20H11F4N5O2/c21-12-3-4-15(16(6-12)29-9-13(22)7-25-29)28-8-11-2-1-10(5-14(11)20(28)30)18-26-27-19(31-18)17(23)24/h1-7,9,17H,8H2. The number of amides is 1. The zero-order valence-electron chi connectivity index (χ0n) is 15.5. The first-order valence-corrected chi connectivity index (χ1v) is 8.97. The first-order chi connectivity index (χ1) is 14.9. The summed E-state index contributed by atoms with van der Waals surface area (Å²) in [7, 11) is 0. The van der Waals surface area contributed by atoms with E-state index < -0.39 is 29.9 Å². The van der Waals surface area contributed by atoms with Crippen molar-refractivity contribution in [2.24, 2.45) is 0 Å². The van der Waals surface area contributed by atoms with E-state index in [1.807, 2.05) is 0 Å². The summed E-state index contributed by atoms with van der Waals surface area (Å²) in [5, 5.41) is 10.7. The second-order valence-electron chi connectivity index (χ2n) is 6.75. The predicted molar refractivity (Wildman–Crippen MR) is 98.7 cm³/mol. The van der Waals surface area contributed by atoms with E-state index in [2.05, 4.69) is 15.3 Å². The molecular formula is C20H11F4N5O2. The molecule has 0 saturated carbocycles. The zero-order chi connectivity index (χ0) is 21.7. The number of alkyl halides is 2. The Kier molecular flexibility index (Phi) is 4.31. The van der Waals surface area contributed by atoms with E-state index in [1.165, 1.54) is 23.1 Å². The summed E-state index contributed by atoms with van der Waals surface area (Å²) in [6.45, 7) is 0.170. The Labute approximate surface area is 171 Å². The Morgan fingerprint density at radius 3 is 2.55 bits per heavy atom. The maximum Gasteiger partial charge on any atom is 0.314 e. The van der Waals surface area contributed by atoms with Crippen molar-refractivity contribution in [2.45, 2.75) is 13.0 Å². The number of nitrogens with zero attached hydrogens (tertiary/aromatic N) is 5. The first kappa shape index (κ1) is 19.0. The van der Waals surface area contributed by atoms with E-state index in [0.717, 1.165) is 23.1 Å². The summed E-state index contributed by atoms with van der Waals surface area (Å²) in [6.07, 6.45) is -0.864. The third-order valence-electron chi connectivity index (χ3n) is 4.81. The van der Waals surface area contributed by atoms with Gasteiger partial charge in [0.05, 0.1) is 30.3 Å². The molecule has 4 aromatic rings. The average Bonchev–Trinajstić information content (AvgIpc) is 3.47. The molecular weight excluding hydrogens is 418 g/mol. The van der Waals surface area contributed by atoms with Crippen LogP contribution in [-0.2, 0) is 6.54 Å². The molecule has 0 radical (unpaired) electrons. The van der Waals surface area contributed by atoms with Gasteiger partial charge in [-0.2, -0.15) is 13.9 Å². The lowest BCUT2D eigenvalue weighted by Crippen LogP contribution is -2.24. The SMILES string of the molecule is O=C1c2cc(-c3nnc(C(F)F)o3)ccc2CN1c1ccc(F)cc1-n1cc(F)cn1. The van der Waals surface area contributed by atoms with Gasteiger partial charge in [0, 0.05) is 17.2 Å². The third-order valence-corrected chi connectivity index (χ3v) is 4.81. The molecule has 1 amide bonds. The van der Waals surface area contributed by atoms with Crippen molar-refractivity contribution in [1.82, 2.24) is 20.0 Å². The molecule has 0 fully saturated rings. The molecule has 3 heterocycles. The molecule has 0 spiro atoms. The first-order valence-electron chi connectivity index (χ1n) is 8.97. The monoisotopic (exact) mass is 429 g/mol. The summed E-state index contributed by atoms with van der Waals surface area (Å²) in [5.74, 6) is -2.55. The van der Waals surface area contributed by atoms with Crippen LogP contribution in [0.3, 0.4) is 0 Å². The van der Waals surface area contributed by atoms with Crippen LogP contribution < -0.4 is 4.90 Å². The van der Waals surface area contributed by atoms with Crippen molar-refractivity contribution in [3.8, 4) is 17.1 Å². The molecule has 2 aromatic carbocycles. The molecule has 11 heteroatoms. The largest absolute Gasteiger partial charge is 0.415 e. The van der Waals surface area contributed by atoms with Crippen molar-refractivity contribution >= 4 is 11.6 Å². The molecule has 0 aliphatic carbocycles. The normalized spacial score (nSPS) is 13.3. The number of rotatable bonds is 4. The Morgan fingerprint density at radius 2 is 1.84 bits per heavy atom. The smallest absolute Gasteiger partial charge is 0.314 e. The van der Waals surface area contributed by atoms with Crippen molar-refractivity contribution in [3.63, 3.8) is 0 Å². The molecule has 2 aromatic heterocycles. The average molecular weight is 429 g/mol. The topological polar surface area (TPSA) is 77.0 Å². The number of anilines is 1. The van der Waals surface area contributed by atoms with Crippen LogP contribution in [0.25, 0.3) is 17.1 Å². The van der Waals surface area contributed by atoms with Crippen molar-refractivity contribution < 1.29 is 26.8 Å². The van der Waals surface area contributed by atoms with Gasteiger partial charge in [-0.15, -0.1) is 10.2 Å². The molecule has 5 rings (SSSR count). The fraction of sp³-hybridized carbons (Fsp3) is 0.100. The summed E-state index contributed by atoms with van der Waals surface area (Å²) in [4.78, 5) is 14.5. The Bertz CT molecular complexity index is 1320. The number of aromatic nitrogens is 4. The molecule has 0 bridgehead atoms. The maximum absolute atomic E-state index is 13.9. The van der Waals surface area contributed by atoms with Crippen LogP contribution in [-0.4, -0.2) is 25.9 Å². The predicted octanol–water partition coefficient (Wildman–Crippen LogP) is 4.30. The highest BCUT2D eigenvalue weighted by molar-refractivity contribution is 6.11. The molecule has 0 N–H and O–H groups in total. The highest BCUT2D eigenvalue weighted by Crippen LogP contribution is 2.35. The van der Waals surface area contributed by atoms with Crippen LogP contribution in [0.5, 0.6) is 0 Å². The Balaban J connectivity index is 1.52. The lowest BCUT2D eigenvalue weighted by molar-refractivity contribution is 0.0996. The number of fused-ring (bicyclic) bond motifs is 1. The van der Waals surface area contributed by atoms with Gasteiger partial charge in [-0.3, -0.25) is 4.79 Å². The lowest BCUT2D eigenvalue weighted by Gasteiger charge is -2.19. The van der Waals surface area contributed by atoms with E-state index >= 15 is 0 Å². The van der Waals surface area contributed by atoms with Gasteiger partial charge in [-0.05, 0) is 29.8 Å². The highest BCUT2D eigenvalue weighted by atomic mass is 19.3. The van der Waals surface area contributed by atoms with Gasteiger partial charge in [-0.1, -0.05) is 6.07 Å². The summed E-state index contributed by atoms with van der Waals surface area (Å²) < 4.78 is 58.8. The zero-order valence-corrected chi connectivity index (χ0v) is 15.5. The van der Waals surface area contributed by atoms with Gasteiger partial charge in [0.15, 0.2) is 5.82 Å². The third kappa shape index (κ3) is 3.23.